The predicted octanol–water partition coefficient (Wildman–Crippen LogP) is 2.41. The van der Waals surface area contributed by atoms with Gasteiger partial charge in [0.1, 0.15) is 17.7 Å². The monoisotopic (exact) mass is 334 g/mol. The van der Waals surface area contributed by atoms with E-state index in [1.165, 1.54) is 6.33 Å². The van der Waals surface area contributed by atoms with Crippen LogP contribution < -0.4 is 19.5 Å². The van der Waals surface area contributed by atoms with Gasteiger partial charge in [0, 0.05) is 6.54 Å². The van der Waals surface area contributed by atoms with Crippen molar-refractivity contribution in [3.8, 4) is 17.2 Å². The average Bonchev–Trinajstić information content (AvgIpc) is 2.59. The molecule has 0 amide bonds. The molecule has 0 aliphatic heterocycles. The van der Waals surface area contributed by atoms with E-state index in [9.17, 15) is 0 Å². The molecule has 0 bridgehead atoms. The first-order valence-electron chi connectivity index (χ1n) is 7.94. The van der Waals surface area contributed by atoms with Crippen molar-refractivity contribution in [2.24, 2.45) is 0 Å². The molecule has 1 heterocycles. The number of fused-ring (bicyclic) bond motifs is 1. The van der Waals surface area contributed by atoms with Crippen molar-refractivity contribution in [3.63, 3.8) is 0 Å². The van der Waals surface area contributed by atoms with E-state index in [0.29, 0.717) is 22.8 Å². The fourth-order valence-corrected chi connectivity index (χ4v) is 2.56. The minimum Gasteiger partial charge on any atom is -0.493 e. The third kappa shape index (κ3) is 3.97. The Kier molecular flexibility index (Phi) is 6.43. The molecular weight excluding hydrogens is 308 g/mol. The minimum atomic E-state index is 0.531. The van der Waals surface area contributed by atoms with E-state index in [2.05, 4.69) is 34.3 Å². The summed E-state index contributed by atoms with van der Waals surface area (Å²) in [6, 6.07) is 1.87. The number of rotatable bonds is 9. The van der Waals surface area contributed by atoms with Gasteiger partial charge in [-0.1, -0.05) is 0 Å². The van der Waals surface area contributed by atoms with Crippen LogP contribution >= 0.6 is 0 Å². The lowest BCUT2D eigenvalue weighted by Gasteiger charge is -2.16. The Hall–Kier alpha value is -2.28. The summed E-state index contributed by atoms with van der Waals surface area (Å²) in [7, 11) is 8.93. The topological polar surface area (TPSA) is 68.7 Å². The van der Waals surface area contributed by atoms with Crippen molar-refractivity contribution in [1.82, 2.24) is 14.9 Å². The van der Waals surface area contributed by atoms with E-state index in [0.717, 1.165) is 37.1 Å². The fraction of sp³-hybridized carbons (Fsp3) is 0.529. The average molecular weight is 334 g/mol. The molecule has 0 saturated heterocycles. The number of nitrogens with zero attached hydrogens (tertiary/aromatic N) is 3. The molecule has 0 saturated carbocycles. The van der Waals surface area contributed by atoms with E-state index in [1.54, 1.807) is 21.3 Å². The first-order chi connectivity index (χ1) is 11.6. The molecule has 132 valence electrons. The number of ether oxygens (including phenoxy) is 3. The van der Waals surface area contributed by atoms with E-state index < -0.39 is 0 Å². The predicted molar refractivity (Wildman–Crippen MR) is 95.5 cm³/mol. The summed E-state index contributed by atoms with van der Waals surface area (Å²) >= 11 is 0. The van der Waals surface area contributed by atoms with Gasteiger partial charge in [0.05, 0.1) is 26.7 Å². The lowest BCUT2D eigenvalue weighted by molar-refractivity contribution is 0.327. The third-order valence-corrected chi connectivity index (χ3v) is 3.76. The lowest BCUT2D eigenvalue weighted by Crippen LogP contribution is -2.14. The SMILES string of the molecule is COc1cc2c(NCCCCN(C)C)ncnc2c(OC)c1OC. The van der Waals surface area contributed by atoms with Crippen molar-refractivity contribution in [2.45, 2.75) is 12.8 Å². The Morgan fingerprint density at radius 3 is 2.38 bits per heavy atom. The van der Waals surface area contributed by atoms with Crippen molar-refractivity contribution in [1.29, 1.82) is 0 Å². The summed E-state index contributed by atoms with van der Waals surface area (Å²) in [5.41, 5.74) is 0.695. The fourth-order valence-electron chi connectivity index (χ4n) is 2.56. The Morgan fingerprint density at radius 2 is 1.75 bits per heavy atom. The van der Waals surface area contributed by atoms with E-state index in [-0.39, 0.29) is 0 Å². The zero-order valence-corrected chi connectivity index (χ0v) is 15.0. The van der Waals surface area contributed by atoms with E-state index in [1.807, 2.05) is 6.07 Å². The number of anilines is 1. The lowest BCUT2D eigenvalue weighted by atomic mass is 10.1. The molecule has 2 aromatic rings. The van der Waals surface area contributed by atoms with Gasteiger partial charge in [-0.25, -0.2) is 9.97 Å². The summed E-state index contributed by atoms with van der Waals surface area (Å²) in [6.07, 6.45) is 3.72. The summed E-state index contributed by atoms with van der Waals surface area (Å²) in [5.74, 6) is 2.43. The van der Waals surface area contributed by atoms with Crippen molar-refractivity contribution < 1.29 is 14.2 Å². The van der Waals surface area contributed by atoms with Crippen LogP contribution in [0.25, 0.3) is 10.9 Å². The maximum Gasteiger partial charge on any atom is 0.205 e. The number of hydrogen-bond acceptors (Lipinski definition) is 7. The summed E-state index contributed by atoms with van der Waals surface area (Å²) < 4.78 is 16.3. The molecule has 0 aliphatic rings. The maximum absolute atomic E-state index is 5.49. The molecule has 7 heteroatoms. The highest BCUT2D eigenvalue weighted by Gasteiger charge is 2.19. The van der Waals surface area contributed by atoms with Crippen LogP contribution in [0.2, 0.25) is 0 Å². The standard InChI is InChI=1S/C17H26N4O3/c1-21(2)9-7-6-8-18-17-12-10-13(22-3)15(23-4)16(24-5)14(12)19-11-20-17/h10-11H,6-9H2,1-5H3,(H,18,19,20). The highest BCUT2D eigenvalue weighted by atomic mass is 16.5. The molecule has 0 radical (unpaired) electrons. The minimum absolute atomic E-state index is 0.531. The van der Waals surface area contributed by atoms with Crippen LogP contribution in [-0.4, -0.2) is 63.4 Å². The van der Waals surface area contributed by atoms with E-state index >= 15 is 0 Å². The third-order valence-electron chi connectivity index (χ3n) is 3.76. The maximum atomic E-state index is 5.49. The normalized spacial score (nSPS) is 10.9. The van der Waals surface area contributed by atoms with Crippen LogP contribution in [0, 0.1) is 0 Å². The highest BCUT2D eigenvalue weighted by Crippen LogP contribution is 2.43. The molecule has 1 aromatic carbocycles. The van der Waals surface area contributed by atoms with Crippen LogP contribution in [0.1, 0.15) is 12.8 Å². The Morgan fingerprint density at radius 1 is 1.00 bits per heavy atom. The Balaban J connectivity index is 2.28. The molecule has 1 N–H and O–H groups in total. The first kappa shape index (κ1) is 18.1. The second-order valence-corrected chi connectivity index (χ2v) is 5.70. The molecule has 0 unspecified atom stereocenters. The molecule has 0 aliphatic carbocycles. The van der Waals surface area contributed by atoms with Gasteiger partial charge in [-0.2, -0.15) is 0 Å². The number of aromatic nitrogens is 2. The van der Waals surface area contributed by atoms with Crippen molar-refractivity contribution >= 4 is 16.7 Å². The summed E-state index contributed by atoms with van der Waals surface area (Å²) in [5, 5.41) is 4.23. The molecule has 7 nitrogen and oxygen atoms in total. The Labute approximate surface area is 142 Å². The van der Waals surface area contributed by atoms with Gasteiger partial charge >= 0.3 is 0 Å². The van der Waals surface area contributed by atoms with Gasteiger partial charge in [0.2, 0.25) is 5.75 Å². The molecule has 24 heavy (non-hydrogen) atoms. The van der Waals surface area contributed by atoms with Crippen LogP contribution in [-0.2, 0) is 0 Å². The zero-order valence-electron chi connectivity index (χ0n) is 15.0. The second kappa shape index (κ2) is 8.54. The van der Waals surface area contributed by atoms with Gasteiger partial charge in [-0.05, 0) is 39.5 Å². The quantitative estimate of drug-likeness (QED) is 0.706. The number of hydrogen-bond donors (Lipinski definition) is 1. The van der Waals surface area contributed by atoms with E-state index in [4.69, 9.17) is 14.2 Å². The van der Waals surface area contributed by atoms with Crippen molar-refractivity contribution in [3.05, 3.63) is 12.4 Å². The van der Waals surface area contributed by atoms with Crippen LogP contribution in [0.5, 0.6) is 17.2 Å². The molecular formula is C17H26N4O3. The van der Waals surface area contributed by atoms with Crippen LogP contribution in [0.4, 0.5) is 5.82 Å². The number of methoxy groups -OCH3 is 3. The van der Waals surface area contributed by atoms with Gasteiger partial charge in [0.25, 0.3) is 0 Å². The first-order valence-corrected chi connectivity index (χ1v) is 7.94. The molecule has 2 rings (SSSR count). The molecule has 0 spiro atoms. The largest absolute Gasteiger partial charge is 0.493 e. The van der Waals surface area contributed by atoms with Gasteiger partial charge in [-0.15, -0.1) is 0 Å². The number of nitrogens with one attached hydrogen (secondary N) is 1. The van der Waals surface area contributed by atoms with Crippen LogP contribution in [0.15, 0.2) is 12.4 Å². The molecule has 1 aromatic heterocycles. The summed E-state index contributed by atoms with van der Waals surface area (Å²) in [4.78, 5) is 10.9. The number of benzene rings is 1. The highest BCUT2D eigenvalue weighted by molar-refractivity contribution is 5.96. The van der Waals surface area contributed by atoms with Gasteiger partial charge < -0.3 is 24.4 Å². The van der Waals surface area contributed by atoms with Gasteiger partial charge in [0.15, 0.2) is 11.5 Å². The smallest absolute Gasteiger partial charge is 0.205 e. The Bertz CT molecular complexity index is 676. The summed E-state index contributed by atoms with van der Waals surface area (Å²) in [6.45, 7) is 1.92. The zero-order chi connectivity index (χ0) is 17.5. The van der Waals surface area contributed by atoms with Crippen LogP contribution in [0.3, 0.4) is 0 Å². The molecule has 0 fully saturated rings. The molecule has 0 atom stereocenters. The number of unbranched alkanes of at least 4 members (excludes halogenated alkanes) is 1. The second-order valence-electron chi connectivity index (χ2n) is 5.70. The van der Waals surface area contributed by atoms with Gasteiger partial charge in [-0.3, -0.25) is 0 Å². The van der Waals surface area contributed by atoms with Crippen molar-refractivity contribution in [2.75, 3.05) is 53.8 Å².